The highest BCUT2D eigenvalue weighted by molar-refractivity contribution is 6.05. The van der Waals surface area contributed by atoms with Gasteiger partial charge < -0.3 is 14.8 Å². The van der Waals surface area contributed by atoms with Gasteiger partial charge in [0, 0.05) is 11.3 Å². The third kappa shape index (κ3) is 5.17. The maximum atomic E-state index is 12.8. The van der Waals surface area contributed by atoms with Crippen molar-refractivity contribution in [2.24, 2.45) is 0 Å². The van der Waals surface area contributed by atoms with Crippen molar-refractivity contribution in [2.75, 3.05) is 12.4 Å². The van der Waals surface area contributed by atoms with Crippen molar-refractivity contribution in [3.63, 3.8) is 0 Å². The van der Waals surface area contributed by atoms with E-state index in [1.54, 1.807) is 7.11 Å². The Morgan fingerprint density at radius 3 is 2.31 bits per heavy atom. The van der Waals surface area contributed by atoms with Gasteiger partial charge in [0.2, 0.25) is 0 Å². The topological polar surface area (TPSA) is 47.6 Å². The zero-order chi connectivity index (χ0) is 20.8. The molecule has 0 atom stereocenters. The summed E-state index contributed by atoms with van der Waals surface area (Å²) in [6, 6.07) is 21.3. The monoisotopic (exact) mass is 389 g/mol. The first-order valence-electron chi connectivity index (χ1n) is 9.74. The van der Waals surface area contributed by atoms with Crippen LogP contribution in [0.5, 0.6) is 11.5 Å². The summed E-state index contributed by atoms with van der Waals surface area (Å²) in [5.41, 5.74) is 4.39. The van der Waals surface area contributed by atoms with E-state index < -0.39 is 0 Å². The number of carbonyl (C=O) groups excluding carboxylic acids is 1. The smallest absolute Gasteiger partial charge is 0.255 e. The van der Waals surface area contributed by atoms with E-state index >= 15 is 0 Å². The van der Waals surface area contributed by atoms with E-state index in [0.717, 1.165) is 33.9 Å². The summed E-state index contributed by atoms with van der Waals surface area (Å²) in [5, 5.41) is 2.97. The molecule has 0 saturated heterocycles. The van der Waals surface area contributed by atoms with Crippen molar-refractivity contribution in [3.8, 4) is 11.5 Å². The predicted octanol–water partition coefficient (Wildman–Crippen LogP) is 5.96. The Balaban J connectivity index is 1.68. The first kappa shape index (κ1) is 20.5. The Morgan fingerprint density at radius 2 is 1.69 bits per heavy atom. The summed E-state index contributed by atoms with van der Waals surface area (Å²) >= 11 is 0. The van der Waals surface area contributed by atoms with Crippen molar-refractivity contribution in [2.45, 2.75) is 33.3 Å². The summed E-state index contributed by atoms with van der Waals surface area (Å²) in [6.45, 7) is 6.60. The van der Waals surface area contributed by atoms with Crippen LogP contribution in [0.2, 0.25) is 0 Å². The van der Waals surface area contributed by atoms with Gasteiger partial charge in [-0.3, -0.25) is 4.79 Å². The molecular formula is C25H27NO3. The highest BCUT2D eigenvalue weighted by atomic mass is 16.5. The Morgan fingerprint density at radius 1 is 1.00 bits per heavy atom. The number of nitrogens with one attached hydrogen (secondary N) is 1. The first-order valence-corrected chi connectivity index (χ1v) is 9.74. The maximum Gasteiger partial charge on any atom is 0.255 e. The van der Waals surface area contributed by atoms with Gasteiger partial charge in [-0.2, -0.15) is 0 Å². The van der Waals surface area contributed by atoms with Crippen LogP contribution >= 0.6 is 0 Å². The van der Waals surface area contributed by atoms with Crippen molar-refractivity contribution < 1.29 is 14.3 Å². The number of amides is 1. The lowest BCUT2D eigenvalue weighted by molar-refractivity contribution is 0.102. The molecule has 0 aliphatic rings. The van der Waals surface area contributed by atoms with Crippen LogP contribution in [0, 0.1) is 6.92 Å². The van der Waals surface area contributed by atoms with Crippen LogP contribution in [0.4, 0.5) is 5.69 Å². The summed E-state index contributed by atoms with van der Waals surface area (Å²) in [7, 11) is 1.65. The number of rotatable bonds is 7. The zero-order valence-corrected chi connectivity index (χ0v) is 17.4. The van der Waals surface area contributed by atoms with Crippen molar-refractivity contribution in [3.05, 3.63) is 89.0 Å². The van der Waals surface area contributed by atoms with Gasteiger partial charge in [0.15, 0.2) is 0 Å². The third-order valence-corrected chi connectivity index (χ3v) is 4.80. The van der Waals surface area contributed by atoms with E-state index in [0.29, 0.717) is 12.2 Å². The summed E-state index contributed by atoms with van der Waals surface area (Å²) in [5.74, 6) is 1.70. The molecule has 4 nitrogen and oxygen atoms in total. The summed E-state index contributed by atoms with van der Waals surface area (Å²) in [4.78, 5) is 12.8. The standard InChI is InChI=1S/C25H27NO3/c1-17(2)22-15-23(18(3)14-24(22)28-4)25(27)26-20-10-12-21(13-11-20)29-16-19-8-6-5-7-9-19/h5-15,17H,16H2,1-4H3,(H,26,27). The zero-order valence-electron chi connectivity index (χ0n) is 17.4. The predicted molar refractivity (Wildman–Crippen MR) is 117 cm³/mol. The van der Waals surface area contributed by atoms with Gasteiger partial charge in [-0.15, -0.1) is 0 Å². The molecule has 0 fully saturated rings. The van der Waals surface area contributed by atoms with Gasteiger partial charge in [-0.05, 0) is 65.9 Å². The summed E-state index contributed by atoms with van der Waals surface area (Å²) in [6.07, 6.45) is 0. The van der Waals surface area contributed by atoms with Gasteiger partial charge in [0.05, 0.1) is 7.11 Å². The van der Waals surface area contributed by atoms with Gasteiger partial charge in [0.25, 0.3) is 5.91 Å². The maximum absolute atomic E-state index is 12.8. The fourth-order valence-corrected chi connectivity index (χ4v) is 3.14. The van der Waals surface area contributed by atoms with Crippen LogP contribution in [-0.2, 0) is 6.61 Å². The molecule has 150 valence electrons. The van der Waals surface area contributed by atoms with Gasteiger partial charge >= 0.3 is 0 Å². The van der Waals surface area contributed by atoms with Gasteiger partial charge in [0.1, 0.15) is 18.1 Å². The lowest BCUT2D eigenvalue weighted by Crippen LogP contribution is -2.14. The molecule has 3 aromatic carbocycles. The molecule has 0 bridgehead atoms. The largest absolute Gasteiger partial charge is 0.496 e. The molecule has 0 spiro atoms. The Labute approximate surface area is 172 Å². The lowest BCUT2D eigenvalue weighted by atomic mass is 9.96. The molecule has 3 aromatic rings. The molecule has 4 heteroatoms. The van der Waals surface area contributed by atoms with Crippen molar-refractivity contribution in [1.29, 1.82) is 0 Å². The quantitative estimate of drug-likeness (QED) is 0.542. The van der Waals surface area contributed by atoms with E-state index in [1.165, 1.54) is 0 Å². The van der Waals surface area contributed by atoms with E-state index in [-0.39, 0.29) is 11.8 Å². The minimum Gasteiger partial charge on any atom is -0.496 e. The van der Waals surface area contributed by atoms with Crippen molar-refractivity contribution >= 4 is 11.6 Å². The van der Waals surface area contributed by atoms with E-state index in [1.807, 2.05) is 73.7 Å². The Kier molecular flexibility index (Phi) is 6.55. The van der Waals surface area contributed by atoms with Crippen LogP contribution < -0.4 is 14.8 Å². The molecule has 0 aliphatic carbocycles. The molecule has 0 radical (unpaired) electrons. The molecule has 0 saturated carbocycles. The van der Waals surface area contributed by atoms with E-state index in [2.05, 4.69) is 19.2 Å². The molecule has 1 N–H and O–H groups in total. The fraction of sp³-hybridized carbons (Fsp3) is 0.240. The second-order valence-corrected chi connectivity index (χ2v) is 7.32. The number of anilines is 1. The fourth-order valence-electron chi connectivity index (χ4n) is 3.14. The molecule has 0 unspecified atom stereocenters. The lowest BCUT2D eigenvalue weighted by Gasteiger charge is -2.16. The summed E-state index contributed by atoms with van der Waals surface area (Å²) < 4.78 is 11.3. The molecule has 29 heavy (non-hydrogen) atoms. The number of benzene rings is 3. The minimum atomic E-state index is -0.134. The van der Waals surface area contributed by atoms with Gasteiger partial charge in [-0.25, -0.2) is 0 Å². The first-order chi connectivity index (χ1) is 14.0. The second kappa shape index (κ2) is 9.28. The number of ether oxygens (including phenoxy) is 2. The Hall–Kier alpha value is -3.27. The molecular weight excluding hydrogens is 362 g/mol. The van der Waals surface area contributed by atoms with Gasteiger partial charge in [-0.1, -0.05) is 44.2 Å². The molecule has 0 aliphatic heterocycles. The average Bonchev–Trinajstić information content (AvgIpc) is 2.73. The number of aryl methyl sites for hydroxylation is 1. The molecule has 1 amide bonds. The number of methoxy groups -OCH3 is 1. The number of hydrogen-bond acceptors (Lipinski definition) is 3. The van der Waals surface area contributed by atoms with E-state index in [4.69, 9.17) is 9.47 Å². The van der Waals surface area contributed by atoms with Crippen LogP contribution in [0.25, 0.3) is 0 Å². The molecule has 3 rings (SSSR count). The van der Waals surface area contributed by atoms with Crippen molar-refractivity contribution in [1.82, 2.24) is 0 Å². The normalized spacial score (nSPS) is 10.7. The van der Waals surface area contributed by atoms with Crippen LogP contribution in [0.1, 0.15) is 46.8 Å². The molecule has 0 heterocycles. The van der Waals surface area contributed by atoms with E-state index in [9.17, 15) is 4.79 Å². The second-order valence-electron chi connectivity index (χ2n) is 7.32. The number of hydrogen-bond donors (Lipinski definition) is 1. The average molecular weight is 389 g/mol. The van der Waals surface area contributed by atoms with Crippen LogP contribution in [-0.4, -0.2) is 13.0 Å². The van der Waals surface area contributed by atoms with Crippen LogP contribution in [0.15, 0.2) is 66.7 Å². The third-order valence-electron chi connectivity index (χ3n) is 4.80. The number of carbonyl (C=O) groups is 1. The Bertz CT molecular complexity index is 963. The highest BCUT2D eigenvalue weighted by Gasteiger charge is 2.16. The highest BCUT2D eigenvalue weighted by Crippen LogP contribution is 2.30. The molecule has 0 aromatic heterocycles. The SMILES string of the molecule is COc1cc(C)c(C(=O)Nc2ccc(OCc3ccccc3)cc2)cc1C(C)C. The van der Waals surface area contributed by atoms with Crippen LogP contribution in [0.3, 0.4) is 0 Å². The minimum absolute atomic E-state index is 0.134.